The summed E-state index contributed by atoms with van der Waals surface area (Å²) in [4.78, 5) is 16.2. The van der Waals surface area contributed by atoms with Crippen molar-refractivity contribution in [3.63, 3.8) is 0 Å². The Balaban J connectivity index is 0.000000257. The highest BCUT2D eigenvalue weighted by atomic mass is 19.1. The van der Waals surface area contributed by atoms with Gasteiger partial charge in [-0.25, -0.2) is 13.9 Å². The van der Waals surface area contributed by atoms with Crippen molar-refractivity contribution < 1.29 is 18.7 Å². The highest BCUT2D eigenvalue weighted by molar-refractivity contribution is 5.95. The summed E-state index contributed by atoms with van der Waals surface area (Å²) in [7, 11) is 1.42. The lowest BCUT2D eigenvalue weighted by Gasteiger charge is -2.07. The first kappa shape index (κ1) is 23.9. The molecule has 0 spiro atoms. The molecule has 0 aliphatic carbocycles. The van der Waals surface area contributed by atoms with Gasteiger partial charge in [0.2, 0.25) is 0 Å². The van der Waals surface area contributed by atoms with Gasteiger partial charge in [0, 0.05) is 24.2 Å². The van der Waals surface area contributed by atoms with Gasteiger partial charge >= 0.3 is 0 Å². The van der Waals surface area contributed by atoms with Gasteiger partial charge in [0.05, 0.1) is 19.4 Å². The van der Waals surface area contributed by atoms with E-state index < -0.39 is 5.82 Å². The Morgan fingerprint density at radius 1 is 1.06 bits per heavy atom. The van der Waals surface area contributed by atoms with Crippen molar-refractivity contribution in [1.82, 2.24) is 14.6 Å². The summed E-state index contributed by atoms with van der Waals surface area (Å²) >= 11 is 0. The number of aryl methyl sites for hydroxylation is 1. The first-order valence-corrected chi connectivity index (χ1v) is 10.9. The van der Waals surface area contributed by atoms with E-state index in [0.29, 0.717) is 29.0 Å². The Bertz CT molecular complexity index is 1220. The zero-order valence-electron chi connectivity index (χ0n) is 19.3. The third-order valence-electron chi connectivity index (χ3n) is 4.90. The number of benzene rings is 2. The number of carbonyl (C=O) groups excluding carboxylic acids is 1. The van der Waals surface area contributed by atoms with E-state index in [2.05, 4.69) is 17.0 Å². The number of fused-ring (bicyclic) bond motifs is 1. The molecule has 2 aromatic heterocycles. The first-order chi connectivity index (χ1) is 16.0. The van der Waals surface area contributed by atoms with Crippen LogP contribution in [0.2, 0.25) is 0 Å². The summed E-state index contributed by atoms with van der Waals surface area (Å²) in [6.45, 7) is 6.73. The third kappa shape index (κ3) is 5.94. The van der Waals surface area contributed by atoms with E-state index in [1.807, 2.05) is 38.1 Å². The van der Waals surface area contributed by atoms with Crippen LogP contribution in [0.1, 0.15) is 42.7 Å². The number of nitrogens with zero attached hydrogens (tertiary/aromatic N) is 3. The summed E-state index contributed by atoms with van der Waals surface area (Å²) in [5.41, 5.74) is 3.49. The topological polar surface area (TPSA) is 65.7 Å². The maximum atomic E-state index is 13.9. The van der Waals surface area contributed by atoms with Crippen molar-refractivity contribution in [2.24, 2.45) is 0 Å². The average Bonchev–Trinajstić information content (AvgIpc) is 3.26. The highest BCUT2D eigenvalue weighted by Gasteiger charge is 2.14. The number of methoxy groups -OCH3 is 1. The molecule has 0 aliphatic heterocycles. The molecule has 0 saturated heterocycles. The minimum absolute atomic E-state index is 0.0233. The van der Waals surface area contributed by atoms with E-state index in [1.54, 1.807) is 35.0 Å². The van der Waals surface area contributed by atoms with E-state index in [0.717, 1.165) is 18.8 Å². The fraction of sp³-hybridized carbons (Fsp3) is 0.269. The van der Waals surface area contributed by atoms with Crippen LogP contribution in [0.15, 0.2) is 60.8 Å². The Hall–Kier alpha value is -3.74. The predicted molar refractivity (Wildman–Crippen MR) is 127 cm³/mol. The van der Waals surface area contributed by atoms with E-state index in [9.17, 15) is 9.18 Å². The minimum Gasteiger partial charge on any atom is -0.494 e. The van der Waals surface area contributed by atoms with Crippen LogP contribution in [-0.2, 0) is 0 Å². The molecular weight excluding hydrogens is 421 g/mol. The molecule has 33 heavy (non-hydrogen) atoms. The maximum absolute atomic E-state index is 13.9. The average molecular weight is 450 g/mol. The maximum Gasteiger partial charge on any atom is 0.183 e. The number of rotatable bonds is 7. The lowest BCUT2D eigenvalue weighted by molar-refractivity contribution is 0.0976. The van der Waals surface area contributed by atoms with Crippen LogP contribution in [0.4, 0.5) is 4.39 Å². The molecule has 0 fully saturated rings. The molecule has 6 nitrogen and oxygen atoms in total. The number of halogens is 1. The number of carbonyl (C=O) groups is 1. The number of hydrogen-bond donors (Lipinski definition) is 0. The molecule has 2 aromatic carbocycles. The Morgan fingerprint density at radius 2 is 1.82 bits per heavy atom. The van der Waals surface area contributed by atoms with Crippen LogP contribution >= 0.6 is 0 Å². The van der Waals surface area contributed by atoms with E-state index in [1.165, 1.54) is 18.7 Å². The smallest absolute Gasteiger partial charge is 0.183 e. The fourth-order valence-electron chi connectivity index (χ4n) is 3.23. The second kappa shape index (κ2) is 11.2. The molecular formula is C26H28FN3O3. The van der Waals surface area contributed by atoms with Crippen LogP contribution in [0, 0.1) is 12.7 Å². The van der Waals surface area contributed by atoms with Gasteiger partial charge in [-0.2, -0.15) is 5.10 Å². The van der Waals surface area contributed by atoms with Gasteiger partial charge in [0.1, 0.15) is 11.4 Å². The van der Waals surface area contributed by atoms with Crippen molar-refractivity contribution in [1.29, 1.82) is 0 Å². The van der Waals surface area contributed by atoms with Gasteiger partial charge in [0.25, 0.3) is 0 Å². The van der Waals surface area contributed by atoms with Gasteiger partial charge < -0.3 is 9.47 Å². The lowest BCUT2D eigenvalue weighted by Crippen LogP contribution is -2.01. The summed E-state index contributed by atoms with van der Waals surface area (Å²) in [6.07, 6.45) is 2.82. The number of Topliss-reactive ketones (excluding diaryl/α,β-unsaturated/α-hetero) is 1. The van der Waals surface area contributed by atoms with Crippen molar-refractivity contribution in [2.45, 2.75) is 33.6 Å². The molecule has 0 bridgehead atoms. The van der Waals surface area contributed by atoms with E-state index in [4.69, 9.17) is 9.47 Å². The summed E-state index contributed by atoms with van der Waals surface area (Å²) < 4.78 is 25.7. The summed E-state index contributed by atoms with van der Waals surface area (Å²) in [5.74, 6) is 0.653. The SMILES string of the molecule is CCCC(=O)c1cc2nccc(-c3ccc(OC)c(F)c3)n2n1.CCOc1ccc(C)cc1. The number of ether oxygens (including phenoxy) is 2. The predicted octanol–water partition coefficient (Wildman–Crippen LogP) is 5.92. The van der Waals surface area contributed by atoms with Crippen LogP contribution in [0.5, 0.6) is 11.5 Å². The molecule has 0 amide bonds. The van der Waals surface area contributed by atoms with Crippen molar-refractivity contribution in [3.8, 4) is 22.8 Å². The molecule has 4 aromatic rings. The standard InChI is InChI=1S/C17H16FN3O2.C9H12O/c1-3-4-15(22)13-10-17-19-8-7-14(21(17)20-13)11-5-6-16(23-2)12(18)9-11;1-3-10-9-6-4-8(2)5-7-9/h5-10H,3-4H2,1-2H3;4-7H,3H2,1-2H3. The number of ketones is 1. The molecule has 0 N–H and O–H groups in total. The van der Waals surface area contributed by atoms with Crippen LogP contribution in [0.25, 0.3) is 16.9 Å². The molecule has 0 atom stereocenters. The van der Waals surface area contributed by atoms with Gasteiger partial charge in [-0.15, -0.1) is 0 Å². The van der Waals surface area contributed by atoms with E-state index >= 15 is 0 Å². The second-order valence-corrected chi connectivity index (χ2v) is 7.40. The quantitative estimate of drug-likeness (QED) is 0.328. The van der Waals surface area contributed by atoms with Crippen LogP contribution < -0.4 is 9.47 Å². The second-order valence-electron chi connectivity index (χ2n) is 7.40. The largest absolute Gasteiger partial charge is 0.494 e. The van der Waals surface area contributed by atoms with Crippen molar-refractivity contribution in [2.75, 3.05) is 13.7 Å². The summed E-state index contributed by atoms with van der Waals surface area (Å²) in [5, 5.41) is 4.33. The fourth-order valence-corrected chi connectivity index (χ4v) is 3.23. The van der Waals surface area contributed by atoms with Gasteiger partial charge in [-0.05, 0) is 56.7 Å². The Morgan fingerprint density at radius 3 is 2.45 bits per heavy atom. The van der Waals surface area contributed by atoms with Crippen LogP contribution in [-0.4, -0.2) is 34.1 Å². The molecule has 4 rings (SSSR count). The molecule has 0 saturated carbocycles. The monoisotopic (exact) mass is 449 g/mol. The normalized spacial score (nSPS) is 10.5. The van der Waals surface area contributed by atoms with Gasteiger partial charge in [-0.3, -0.25) is 4.79 Å². The molecule has 0 aliphatic rings. The number of aromatic nitrogens is 3. The molecule has 172 valence electrons. The van der Waals surface area contributed by atoms with Gasteiger partial charge in [-0.1, -0.05) is 24.6 Å². The lowest BCUT2D eigenvalue weighted by atomic mass is 10.1. The molecule has 0 radical (unpaired) electrons. The highest BCUT2D eigenvalue weighted by Crippen LogP contribution is 2.26. The zero-order chi connectivity index (χ0) is 23.8. The van der Waals surface area contributed by atoms with Crippen molar-refractivity contribution >= 4 is 11.4 Å². The van der Waals surface area contributed by atoms with Crippen LogP contribution in [0.3, 0.4) is 0 Å². The minimum atomic E-state index is -0.454. The Kier molecular flexibility index (Phi) is 8.13. The summed E-state index contributed by atoms with van der Waals surface area (Å²) in [6, 6.07) is 16.1. The van der Waals surface area contributed by atoms with Crippen molar-refractivity contribution in [3.05, 3.63) is 77.9 Å². The zero-order valence-corrected chi connectivity index (χ0v) is 19.3. The van der Waals surface area contributed by atoms with Gasteiger partial charge in [0.15, 0.2) is 23.0 Å². The van der Waals surface area contributed by atoms with E-state index in [-0.39, 0.29) is 11.5 Å². The first-order valence-electron chi connectivity index (χ1n) is 10.9. The Labute approximate surface area is 193 Å². The third-order valence-corrected chi connectivity index (χ3v) is 4.90. The molecule has 2 heterocycles. The molecule has 0 unspecified atom stereocenters. The number of hydrogen-bond acceptors (Lipinski definition) is 5. The molecule has 7 heteroatoms.